The number of rotatable bonds is 7. The molecule has 2 aromatic rings. The van der Waals surface area contributed by atoms with Crippen molar-refractivity contribution in [2.24, 2.45) is 0 Å². The number of allylic oxidation sites excluding steroid dienone is 1. The van der Waals surface area contributed by atoms with Gasteiger partial charge in [-0.2, -0.15) is 10.2 Å². The van der Waals surface area contributed by atoms with E-state index in [0.29, 0.717) is 0 Å². The predicted octanol–water partition coefficient (Wildman–Crippen LogP) is 4.60. The summed E-state index contributed by atoms with van der Waals surface area (Å²) in [4.78, 5) is 0. The molecule has 2 nitrogen and oxygen atoms in total. The lowest BCUT2D eigenvalue weighted by atomic mass is 10.1. The summed E-state index contributed by atoms with van der Waals surface area (Å²) in [6, 6.07) is 12.6. The third kappa shape index (κ3) is 4.02. The molecule has 0 radical (unpaired) electrons. The van der Waals surface area contributed by atoms with Gasteiger partial charge in [0.2, 0.25) is 0 Å². The zero-order valence-corrected chi connectivity index (χ0v) is 12.2. The van der Waals surface area contributed by atoms with E-state index in [4.69, 9.17) is 0 Å². The highest BCUT2D eigenvalue weighted by Crippen LogP contribution is 2.17. The molecule has 0 aliphatic carbocycles. The van der Waals surface area contributed by atoms with E-state index in [1.165, 1.54) is 24.8 Å². The number of benzene rings is 1. The molecule has 0 fully saturated rings. The van der Waals surface area contributed by atoms with E-state index in [1.54, 1.807) is 0 Å². The van der Waals surface area contributed by atoms with Gasteiger partial charge in [0.15, 0.2) is 0 Å². The summed E-state index contributed by atoms with van der Waals surface area (Å²) in [5.41, 5.74) is 4.41. The number of nitrogens with zero attached hydrogens (tertiary/aromatic N) is 2. The second kappa shape index (κ2) is 7.59. The van der Waals surface area contributed by atoms with Gasteiger partial charge in [0.1, 0.15) is 0 Å². The van der Waals surface area contributed by atoms with Crippen LogP contribution in [-0.2, 0) is 12.8 Å². The molecule has 0 N–H and O–H groups in total. The van der Waals surface area contributed by atoms with Gasteiger partial charge in [-0.15, -0.1) is 6.58 Å². The Morgan fingerprint density at radius 1 is 1.00 bits per heavy atom. The van der Waals surface area contributed by atoms with Crippen LogP contribution >= 0.6 is 0 Å². The first kappa shape index (κ1) is 14.4. The van der Waals surface area contributed by atoms with Crippen molar-refractivity contribution in [3.63, 3.8) is 0 Å². The molecule has 0 aliphatic heterocycles. The highest BCUT2D eigenvalue weighted by atomic mass is 15.1. The van der Waals surface area contributed by atoms with E-state index in [0.717, 1.165) is 29.8 Å². The Labute approximate surface area is 121 Å². The standard InChI is InChI=1S/C18H22N2/c1-3-5-6-8-17-13-14-18(20-19-17)16-11-9-15(7-4-2)10-12-16/h4,9-14H,2-3,5-8H2,1H3. The van der Waals surface area contributed by atoms with Crippen LogP contribution in [0.25, 0.3) is 11.3 Å². The molecule has 0 spiro atoms. The smallest absolute Gasteiger partial charge is 0.0929 e. The first-order chi connectivity index (χ1) is 9.83. The second-order valence-corrected chi connectivity index (χ2v) is 5.06. The van der Waals surface area contributed by atoms with E-state index in [2.05, 4.69) is 60.1 Å². The van der Waals surface area contributed by atoms with Gasteiger partial charge in [0.05, 0.1) is 11.4 Å². The summed E-state index contributed by atoms with van der Waals surface area (Å²) in [7, 11) is 0. The first-order valence-corrected chi connectivity index (χ1v) is 7.36. The summed E-state index contributed by atoms with van der Waals surface area (Å²) in [5, 5.41) is 8.65. The van der Waals surface area contributed by atoms with Crippen molar-refractivity contribution in [1.29, 1.82) is 0 Å². The van der Waals surface area contributed by atoms with Gasteiger partial charge in [-0.25, -0.2) is 0 Å². The molecule has 104 valence electrons. The van der Waals surface area contributed by atoms with Gasteiger partial charge in [-0.3, -0.25) is 0 Å². The third-order valence-corrected chi connectivity index (χ3v) is 3.39. The molecule has 1 heterocycles. The summed E-state index contributed by atoms with van der Waals surface area (Å²) in [6.45, 7) is 5.97. The Hall–Kier alpha value is -1.96. The van der Waals surface area contributed by atoms with Crippen LogP contribution in [0, 0.1) is 0 Å². The van der Waals surface area contributed by atoms with Crippen LogP contribution in [0.5, 0.6) is 0 Å². The van der Waals surface area contributed by atoms with Crippen molar-refractivity contribution in [3.8, 4) is 11.3 Å². The lowest BCUT2D eigenvalue weighted by Crippen LogP contribution is -1.95. The molecular formula is C18H22N2. The van der Waals surface area contributed by atoms with Crippen LogP contribution in [-0.4, -0.2) is 10.2 Å². The average Bonchev–Trinajstić information content (AvgIpc) is 2.49. The van der Waals surface area contributed by atoms with Crippen LogP contribution in [0.1, 0.15) is 37.4 Å². The number of hydrogen-bond acceptors (Lipinski definition) is 2. The van der Waals surface area contributed by atoms with Crippen molar-refractivity contribution in [3.05, 3.63) is 60.3 Å². The first-order valence-electron chi connectivity index (χ1n) is 7.36. The number of unbranched alkanes of at least 4 members (excludes halogenated alkanes) is 2. The van der Waals surface area contributed by atoms with Crippen LogP contribution in [0.3, 0.4) is 0 Å². The quantitative estimate of drug-likeness (QED) is 0.540. The fourth-order valence-electron chi connectivity index (χ4n) is 2.18. The molecule has 0 amide bonds. The van der Waals surface area contributed by atoms with E-state index in [1.807, 2.05) is 6.08 Å². The fourth-order valence-corrected chi connectivity index (χ4v) is 2.18. The predicted molar refractivity (Wildman–Crippen MR) is 84.6 cm³/mol. The highest BCUT2D eigenvalue weighted by molar-refractivity contribution is 5.58. The summed E-state index contributed by atoms with van der Waals surface area (Å²) >= 11 is 0. The van der Waals surface area contributed by atoms with Crippen LogP contribution in [0.2, 0.25) is 0 Å². The van der Waals surface area contributed by atoms with E-state index >= 15 is 0 Å². The maximum Gasteiger partial charge on any atom is 0.0929 e. The topological polar surface area (TPSA) is 25.8 Å². The molecule has 0 bridgehead atoms. The highest BCUT2D eigenvalue weighted by Gasteiger charge is 2.01. The van der Waals surface area contributed by atoms with Crippen molar-refractivity contribution in [1.82, 2.24) is 10.2 Å². The number of aromatic nitrogens is 2. The molecule has 2 rings (SSSR count). The van der Waals surface area contributed by atoms with E-state index < -0.39 is 0 Å². The van der Waals surface area contributed by atoms with Crippen molar-refractivity contribution < 1.29 is 0 Å². The van der Waals surface area contributed by atoms with Gasteiger partial charge in [-0.05, 0) is 37.0 Å². The molecule has 20 heavy (non-hydrogen) atoms. The second-order valence-electron chi connectivity index (χ2n) is 5.06. The van der Waals surface area contributed by atoms with Crippen LogP contribution in [0.4, 0.5) is 0 Å². The zero-order chi connectivity index (χ0) is 14.2. The van der Waals surface area contributed by atoms with Crippen molar-refractivity contribution in [2.75, 3.05) is 0 Å². The minimum Gasteiger partial charge on any atom is -0.155 e. The number of hydrogen-bond donors (Lipinski definition) is 0. The van der Waals surface area contributed by atoms with Gasteiger partial charge >= 0.3 is 0 Å². The Morgan fingerprint density at radius 3 is 2.40 bits per heavy atom. The minimum atomic E-state index is 0.905. The maximum absolute atomic E-state index is 4.33. The lowest BCUT2D eigenvalue weighted by molar-refractivity contribution is 0.700. The average molecular weight is 266 g/mol. The Kier molecular flexibility index (Phi) is 5.48. The lowest BCUT2D eigenvalue weighted by Gasteiger charge is -2.03. The van der Waals surface area contributed by atoms with Gasteiger partial charge in [0.25, 0.3) is 0 Å². The number of aryl methyl sites for hydroxylation is 1. The SMILES string of the molecule is C=CCc1ccc(-c2ccc(CCCCC)nn2)cc1. The molecule has 0 saturated carbocycles. The molecule has 1 aromatic heterocycles. The molecule has 0 aliphatic rings. The summed E-state index contributed by atoms with van der Waals surface area (Å²) < 4.78 is 0. The Morgan fingerprint density at radius 2 is 1.80 bits per heavy atom. The zero-order valence-electron chi connectivity index (χ0n) is 12.2. The molecule has 0 saturated heterocycles. The Bertz CT molecular complexity index is 526. The van der Waals surface area contributed by atoms with Gasteiger partial charge in [0, 0.05) is 5.56 Å². The van der Waals surface area contributed by atoms with E-state index in [-0.39, 0.29) is 0 Å². The van der Waals surface area contributed by atoms with Crippen molar-refractivity contribution in [2.45, 2.75) is 39.0 Å². The van der Waals surface area contributed by atoms with Crippen LogP contribution in [0.15, 0.2) is 49.1 Å². The normalized spacial score (nSPS) is 10.4. The van der Waals surface area contributed by atoms with Crippen LogP contribution < -0.4 is 0 Å². The molecular weight excluding hydrogens is 244 g/mol. The van der Waals surface area contributed by atoms with Gasteiger partial charge in [-0.1, -0.05) is 50.1 Å². The minimum absolute atomic E-state index is 0.905. The van der Waals surface area contributed by atoms with Gasteiger partial charge < -0.3 is 0 Å². The van der Waals surface area contributed by atoms with E-state index in [9.17, 15) is 0 Å². The molecule has 2 heteroatoms. The molecule has 0 unspecified atom stereocenters. The van der Waals surface area contributed by atoms with Crippen molar-refractivity contribution >= 4 is 0 Å². The maximum atomic E-state index is 4.33. The monoisotopic (exact) mass is 266 g/mol. The molecule has 0 atom stereocenters. The Balaban J connectivity index is 2.03. The molecule has 1 aromatic carbocycles. The summed E-state index contributed by atoms with van der Waals surface area (Å²) in [6.07, 6.45) is 7.54. The third-order valence-electron chi connectivity index (χ3n) is 3.39. The largest absolute Gasteiger partial charge is 0.155 e. The fraction of sp³-hybridized carbons (Fsp3) is 0.333. The summed E-state index contributed by atoms with van der Waals surface area (Å²) in [5.74, 6) is 0.